The second-order valence-electron chi connectivity index (χ2n) is 23.5. The molecule has 11 heterocycles. The van der Waals surface area contributed by atoms with E-state index in [9.17, 15) is 0 Å². The van der Waals surface area contributed by atoms with Gasteiger partial charge in [0.15, 0.2) is 11.3 Å². The highest BCUT2D eigenvalue weighted by molar-refractivity contribution is 9.10. The van der Waals surface area contributed by atoms with Crippen LogP contribution in [0.3, 0.4) is 0 Å². The largest absolute Gasteiger partial charge is 0.485 e. The highest BCUT2D eigenvalue weighted by atomic mass is 79.9. The molecule has 424 valence electrons. The molecule has 0 N–H and O–H groups in total. The summed E-state index contributed by atoms with van der Waals surface area (Å²) in [5.41, 5.74) is 7.84. The van der Waals surface area contributed by atoms with Crippen LogP contribution < -0.4 is 14.7 Å². The van der Waals surface area contributed by atoms with Gasteiger partial charge in [-0.3, -0.25) is 29.7 Å². The zero-order valence-electron chi connectivity index (χ0n) is 50.0. The summed E-state index contributed by atoms with van der Waals surface area (Å²) in [5, 5.41) is 12.2. The maximum Gasteiger partial charge on any atom is 0.169 e. The van der Waals surface area contributed by atoms with Crippen molar-refractivity contribution in [2.75, 3.05) is 44.5 Å². The van der Waals surface area contributed by atoms with Crippen LogP contribution in [0.25, 0.3) is 66.7 Å². The number of fused-ring (bicyclic) bond motifs is 4. The Balaban J connectivity index is 0.000000138. The summed E-state index contributed by atoms with van der Waals surface area (Å²) in [6.07, 6.45) is 22.9. The van der Waals surface area contributed by atoms with Gasteiger partial charge in [-0.2, -0.15) is 10.2 Å². The molecule has 3 aliphatic rings. The van der Waals surface area contributed by atoms with Crippen molar-refractivity contribution >= 4 is 54.7 Å². The first-order valence-corrected chi connectivity index (χ1v) is 29.0. The van der Waals surface area contributed by atoms with Gasteiger partial charge in [0.1, 0.15) is 39.6 Å². The number of rotatable bonds is 12. The summed E-state index contributed by atoms with van der Waals surface area (Å²) in [5.74, 6) is 1.55. The van der Waals surface area contributed by atoms with E-state index in [-0.39, 0.29) is 23.5 Å². The molecule has 0 saturated carbocycles. The lowest BCUT2D eigenvalue weighted by atomic mass is 9.90. The number of anilines is 1. The van der Waals surface area contributed by atoms with Gasteiger partial charge in [0.25, 0.3) is 0 Å². The molecule has 3 aliphatic heterocycles. The second-order valence-corrected chi connectivity index (χ2v) is 24.3. The molecule has 0 amide bonds. The van der Waals surface area contributed by atoms with Crippen molar-refractivity contribution in [2.24, 2.45) is 0 Å². The third-order valence-electron chi connectivity index (χ3n) is 15.3. The van der Waals surface area contributed by atoms with Crippen molar-refractivity contribution in [3.05, 3.63) is 151 Å². The molecular formula is C64H72BrN13O4. The van der Waals surface area contributed by atoms with Gasteiger partial charge in [0.05, 0.1) is 54.4 Å². The van der Waals surface area contributed by atoms with Gasteiger partial charge >= 0.3 is 0 Å². The molecule has 0 bridgehead atoms. The van der Waals surface area contributed by atoms with E-state index < -0.39 is 11.2 Å². The number of halogens is 1. The second kappa shape index (κ2) is 23.8. The number of nitrogens with zero attached hydrogens (tertiary/aromatic N) is 13. The molecular weight excluding hydrogens is 1090 g/mol. The van der Waals surface area contributed by atoms with Crippen molar-refractivity contribution in [3.63, 3.8) is 0 Å². The van der Waals surface area contributed by atoms with Gasteiger partial charge in [0, 0.05) is 77.7 Å². The molecule has 0 unspecified atom stereocenters. The zero-order chi connectivity index (χ0) is 58.8. The van der Waals surface area contributed by atoms with Gasteiger partial charge in [-0.25, -0.2) is 28.7 Å². The topological polar surface area (TPSA) is 159 Å². The van der Waals surface area contributed by atoms with E-state index in [0.29, 0.717) is 0 Å². The Hall–Kier alpha value is -7.48. The van der Waals surface area contributed by atoms with E-state index >= 15 is 0 Å². The fourth-order valence-corrected chi connectivity index (χ4v) is 11.0. The zero-order valence-corrected chi connectivity index (χ0v) is 49.6. The van der Waals surface area contributed by atoms with E-state index in [2.05, 4.69) is 88.5 Å². The number of pyridine rings is 4. The average molecular weight is 1170 g/mol. The predicted octanol–water partition coefficient (Wildman–Crippen LogP) is 13.3. The minimum atomic E-state index is -0.433. The summed E-state index contributed by atoms with van der Waals surface area (Å²) in [4.78, 5) is 43.8. The van der Waals surface area contributed by atoms with Crippen molar-refractivity contribution in [3.8, 4) is 45.1 Å². The van der Waals surface area contributed by atoms with Crippen LogP contribution >= 0.6 is 15.9 Å². The summed E-state index contributed by atoms with van der Waals surface area (Å²) in [7, 11) is 0. The molecule has 0 atom stereocenters. The summed E-state index contributed by atoms with van der Waals surface area (Å²) in [6, 6.07) is 26.6. The normalized spacial score (nSPS) is 17.0. The number of likely N-dealkylation sites (tertiary alicyclic amines) is 2. The molecule has 3 fully saturated rings. The Bertz CT molecular complexity index is 3900. The molecule has 2 aromatic carbocycles. The SMILES string of the molecule is CC(C)(CN1CCCCC1)Oc1ccc(-c2cnc3c(Br)cnn3c2)nc1.[2H]c1ccc2c(-c3cnn4cc(-c5ccc(OC(C)(C)CN6CCCCC6)cn5)cnc34)cccc2n1.[2H]c1ccc2c(N3OC(C)(C)C(C)(C)O3)cccc2n1. The molecule has 10 aromatic rings. The molecule has 82 heavy (non-hydrogen) atoms. The molecule has 3 saturated heterocycles. The first kappa shape index (κ1) is 53.8. The molecule has 0 spiro atoms. The van der Waals surface area contributed by atoms with E-state index in [1.807, 2.05) is 131 Å². The predicted molar refractivity (Wildman–Crippen MR) is 325 cm³/mol. The monoisotopic (exact) mass is 1170 g/mol. The first-order valence-electron chi connectivity index (χ1n) is 29.2. The van der Waals surface area contributed by atoms with Crippen LogP contribution in [0.2, 0.25) is 0 Å². The fraction of sp³-hybridized carbons (Fsp3) is 0.375. The van der Waals surface area contributed by atoms with Crippen LogP contribution in [-0.2, 0) is 9.68 Å². The molecule has 13 rings (SSSR count). The van der Waals surface area contributed by atoms with E-state index in [0.717, 1.165) is 115 Å². The Morgan fingerprint density at radius 3 is 1.57 bits per heavy atom. The highest BCUT2D eigenvalue weighted by Crippen LogP contribution is 2.42. The number of benzene rings is 2. The highest BCUT2D eigenvalue weighted by Gasteiger charge is 2.50. The first-order chi connectivity index (χ1) is 40.2. The lowest BCUT2D eigenvalue weighted by Gasteiger charge is -2.35. The van der Waals surface area contributed by atoms with Crippen LogP contribution in [0, 0.1) is 0 Å². The summed E-state index contributed by atoms with van der Waals surface area (Å²) < 4.78 is 32.3. The van der Waals surface area contributed by atoms with Crippen LogP contribution in [0.1, 0.15) is 96.7 Å². The van der Waals surface area contributed by atoms with E-state index in [1.165, 1.54) is 56.8 Å². The smallest absolute Gasteiger partial charge is 0.169 e. The van der Waals surface area contributed by atoms with E-state index in [4.69, 9.17) is 26.9 Å². The van der Waals surface area contributed by atoms with Crippen LogP contribution in [0.15, 0.2) is 151 Å². The Morgan fingerprint density at radius 2 is 1.02 bits per heavy atom. The molecule has 17 nitrogen and oxygen atoms in total. The van der Waals surface area contributed by atoms with Gasteiger partial charge in [-0.05, 0) is 189 Å². The third kappa shape index (κ3) is 12.9. The van der Waals surface area contributed by atoms with Crippen molar-refractivity contribution in [1.82, 2.24) is 58.9 Å². The number of hydrogen-bond acceptors (Lipinski definition) is 15. The minimum Gasteiger partial charge on any atom is -0.485 e. The number of hydrogen-bond donors (Lipinski definition) is 0. The van der Waals surface area contributed by atoms with Crippen molar-refractivity contribution in [1.29, 1.82) is 0 Å². The standard InChI is InChI=1S/C29H30N6O.C20H24BrN5O.C15H18N2O2/c1-29(2,20-34-14-4-3-5-15-34)36-22-11-12-26(31-17-22)21-16-32-28-25(18-33-35(28)19-21)23-8-6-10-27-24(23)9-7-13-30-27;1-20(2,14-25-8-4-3-5-9-25)27-16-6-7-18(22-11-16)15-10-23-19-17(21)12-24-26(19)13-15;1-14(2)15(3,4)19-17(18-14)13-9-5-8-12-11(13)7-6-10-16-12/h6-13,16-19H,3-5,14-15,20H2,1-2H3;6-7,10-13H,3-5,8-9,14H2,1-2H3;5-10H,1-4H3/i13D;;10D. The molecule has 18 heteroatoms. The molecule has 8 aromatic heterocycles. The van der Waals surface area contributed by atoms with E-state index in [1.54, 1.807) is 39.8 Å². The van der Waals surface area contributed by atoms with Gasteiger partial charge in [0.2, 0.25) is 0 Å². The van der Waals surface area contributed by atoms with Crippen molar-refractivity contribution < 1.29 is 21.9 Å². The van der Waals surface area contributed by atoms with Gasteiger partial charge in [-0.15, -0.1) is 5.23 Å². The Labute approximate surface area is 490 Å². The fourth-order valence-electron chi connectivity index (χ4n) is 10.6. The number of ether oxygens (including phenoxy) is 2. The maximum atomic E-state index is 7.81. The lowest BCUT2D eigenvalue weighted by molar-refractivity contribution is -0.0266. The molecule has 0 radical (unpaired) electrons. The van der Waals surface area contributed by atoms with Gasteiger partial charge in [-0.1, -0.05) is 37.1 Å². The number of piperidine rings is 2. The minimum absolute atomic E-state index is 0.248. The van der Waals surface area contributed by atoms with Crippen molar-refractivity contribution in [2.45, 2.75) is 116 Å². The number of aromatic nitrogens is 10. The average Bonchev–Trinajstić information content (AvgIpc) is 3.77. The Kier molecular flexibility index (Phi) is 15.6. The quantitative estimate of drug-likeness (QED) is 0.114. The maximum absolute atomic E-state index is 7.81. The third-order valence-corrected chi connectivity index (χ3v) is 15.9. The van der Waals surface area contributed by atoms with Gasteiger partial charge < -0.3 is 9.47 Å². The summed E-state index contributed by atoms with van der Waals surface area (Å²) >= 11 is 3.44. The van der Waals surface area contributed by atoms with Crippen LogP contribution in [0.5, 0.6) is 11.5 Å². The summed E-state index contributed by atoms with van der Waals surface area (Å²) in [6.45, 7) is 23.0. The molecule has 0 aliphatic carbocycles. The Morgan fingerprint density at radius 1 is 0.524 bits per heavy atom. The van der Waals surface area contributed by atoms with Crippen LogP contribution in [-0.4, -0.2) is 121 Å². The lowest BCUT2D eigenvalue weighted by Crippen LogP contribution is -2.44. The van der Waals surface area contributed by atoms with Crippen LogP contribution in [0.4, 0.5) is 5.69 Å².